The van der Waals surface area contributed by atoms with Crippen LogP contribution in [0.25, 0.3) is 10.9 Å². The van der Waals surface area contributed by atoms with Gasteiger partial charge in [-0.2, -0.15) is 0 Å². The van der Waals surface area contributed by atoms with Crippen LogP contribution in [0.3, 0.4) is 0 Å². The molecule has 1 aromatic heterocycles. The van der Waals surface area contributed by atoms with E-state index in [0.717, 1.165) is 56.2 Å². The van der Waals surface area contributed by atoms with E-state index in [1.54, 1.807) is 0 Å². The molecule has 2 amide bonds. The van der Waals surface area contributed by atoms with Gasteiger partial charge in [-0.3, -0.25) is 19.5 Å². The lowest BCUT2D eigenvalue weighted by Gasteiger charge is -2.35. The maximum Gasteiger partial charge on any atom is 0.254 e. The summed E-state index contributed by atoms with van der Waals surface area (Å²) in [6.07, 6.45) is 7.24. The largest absolute Gasteiger partial charge is 0.336 e. The molecule has 5 rings (SSSR count). The molecule has 0 radical (unpaired) electrons. The molecule has 0 bridgehead atoms. The molecular formula is C28H32N4O2. The van der Waals surface area contributed by atoms with Crippen molar-refractivity contribution < 1.29 is 9.59 Å². The molecule has 0 atom stereocenters. The lowest BCUT2D eigenvalue weighted by Crippen LogP contribution is -2.48. The fraction of sp³-hybridized carbons (Fsp3) is 0.393. The number of aromatic nitrogens is 1. The van der Waals surface area contributed by atoms with Crippen molar-refractivity contribution in [3.8, 4) is 0 Å². The topological polar surface area (TPSA) is 65.5 Å². The Kier molecular flexibility index (Phi) is 6.86. The van der Waals surface area contributed by atoms with E-state index in [1.165, 1.54) is 12.0 Å². The van der Waals surface area contributed by atoms with Crippen molar-refractivity contribution >= 4 is 28.4 Å². The highest BCUT2D eigenvalue weighted by Crippen LogP contribution is 2.25. The van der Waals surface area contributed by atoms with Gasteiger partial charge in [0.05, 0.1) is 5.52 Å². The number of amides is 2. The van der Waals surface area contributed by atoms with E-state index in [1.807, 2.05) is 41.4 Å². The molecule has 2 aliphatic rings. The van der Waals surface area contributed by atoms with Gasteiger partial charge in [0.15, 0.2) is 0 Å². The molecule has 2 heterocycles. The minimum Gasteiger partial charge on any atom is -0.336 e. The van der Waals surface area contributed by atoms with E-state index in [-0.39, 0.29) is 17.7 Å². The van der Waals surface area contributed by atoms with Crippen LogP contribution < -0.4 is 5.32 Å². The summed E-state index contributed by atoms with van der Waals surface area (Å²) in [7, 11) is 0. The lowest BCUT2D eigenvalue weighted by atomic mass is 9.88. The normalized spacial score (nSPS) is 17.6. The number of carbonyl (C=O) groups excluding carboxylic acids is 2. The van der Waals surface area contributed by atoms with Crippen molar-refractivity contribution in [2.24, 2.45) is 5.92 Å². The van der Waals surface area contributed by atoms with Crippen molar-refractivity contribution in [3.63, 3.8) is 0 Å². The van der Waals surface area contributed by atoms with Crippen molar-refractivity contribution in [3.05, 3.63) is 71.9 Å². The van der Waals surface area contributed by atoms with Gasteiger partial charge in [0, 0.05) is 61.5 Å². The number of nitrogens with zero attached hydrogens (tertiary/aromatic N) is 3. The summed E-state index contributed by atoms with van der Waals surface area (Å²) in [4.78, 5) is 34.6. The third-order valence-electron chi connectivity index (χ3n) is 7.12. The van der Waals surface area contributed by atoms with Gasteiger partial charge in [-0.15, -0.1) is 0 Å². The molecule has 176 valence electrons. The van der Waals surface area contributed by atoms with Crippen LogP contribution in [0.5, 0.6) is 0 Å². The van der Waals surface area contributed by atoms with E-state index in [9.17, 15) is 9.59 Å². The van der Waals surface area contributed by atoms with Crippen LogP contribution >= 0.6 is 0 Å². The van der Waals surface area contributed by atoms with Gasteiger partial charge in [0.2, 0.25) is 5.91 Å². The maximum absolute atomic E-state index is 13.2. The Morgan fingerprint density at radius 1 is 0.912 bits per heavy atom. The molecule has 3 aromatic rings. The van der Waals surface area contributed by atoms with Crippen molar-refractivity contribution in [1.29, 1.82) is 0 Å². The van der Waals surface area contributed by atoms with E-state index in [0.29, 0.717) is 24.3 Å². The van der Waals surface area contributed by atoms with Crippen molar-refractivity contribution in [2.45, 2.75) is 38.6 Å². The maximum atomic E-state index is 13.2. The Labute approximate surface area is 201 Å². The second-order valence-electron chi connectivity index (χ2n) is 9.47. The van der Waals surface area contributed by atoms with Gasteiger partial charge >= 0.3 is 0 Å². The second-order valence-corrected chi connectivity index (χ2v) is 9.47. The van der Waals surface area contributed by atoms with E-state index in [2.05, 4.69) is 39.5 Å². The molecule has 2 aromatic carbocycles. The first-order valence-corrected chi connectivity index (χ1v) is 12.4. The second kappa shape index (κ2) is 10.3. The van der Waals surface area contributed by atoms with Gasteiger partial charge < -0.3 is 10.2 Å². The number of piperazine rings is 1. The third-order valence-corrected chi connectivity index (χ3v) is 7.12. The fourth-order valence-electron chi connectivity index (χ4n) is 5.17. The van der Waals surface area contributed by atoms with Gasteiger partial charge in [-0.1, -0.05) is 49.6 Å². The van der Waals surface area contributed by atoms with Crippen LogP contribution in [0.2, 0.25) is 0 Å². The first-order valence-electron chi connectivity index (χ1n) is 12.4. The van der Waals surface area contributed by atoms with Gasteiger partial charge in [-0.25, -0.2) is 0 Å². The van der Waals surface area contributed by atoms with Crippen molar-refractivity contribution in [2.75, 3.05) is 31.5 Å². The molecule has 6 nitrogen and oxygen atoms in total. The number of pyridine rings is 1. The average Bonchev–Trinajstić information content (AvgIpc) is 2.89. The summed E-state index contributed by atoms with van der Waals surface area (Å²) >= 11 is 0. The average molecular weight is 457 g/mol. The van der Waals surface area contributed by atoms with Crippen LogP contribution in [0, 0.1) is 5.92 Å². The highest BCUT2D eigenvalue weighted by molar-refractivity contribution is 5.97. The van der Waals surface area contributed by atoms with Crippen LogP contribution in [0.15, 0.2) is 60.8 Å². The highest BCUT2D eigenvalue weighted by atomic mass is 16.2. The number of rotatable bonds is 5. The predicted molar refractivity (Wildman–Crippen MR) is 135 cm³/mol. The Morgan fingerprint density at radius 2 is 1.68 bits per heavy atom. The molecule has 0 spiro atoms. The monoisotopic (exact) mass is 456 g/mol. The molecule has 34 heavy (non-hydrogen) atoms. The first kappa shape index (κ1) is 22.5. The number of benzene rings is 2. The van der Waals surface area contributed by atoms with Gasteiger partial charge in [0.25, 0.3) is 5.91 Å². The van der Waals surface area contributed by atoms with Crippen LogP contribution in [-0.4, -0.2) is 52.8 Å². The van der Waals surface area contributed by atoms with E-state index >= 15 is 0 Å². The van der Waals surface area contributed by atoms with Crippen LogP contribution in [-0.2, 0) is 11.3 Å². The summed E-state index contributed by atoms with van der Waals surface area (Å²) in [5.41, 5.74) is 3.62. The molecule has 1 saturated carbocycles. The Hall–Kier alpha value is -3.25. The number of carbonyl (C=O) groups is 2. The number of para-hydroxylation sites is 1. The van der Waals surface area contributed by atoms with Crippen LogP contribution in [0.1, 0.15) is 48.0 Å². The summed E-state index contributed by atoms with van der Waals surface area (Å²) in [5, 5.41) is 4.19. The quantitative estimate of drug-likeness (QED) is 0.604. The number of nitrogens with one attached hydrogen (secondary N) is 1. The molecule has 6 heteroatoms. The molecule has 1 aliphatic heterocycles. The summed E-state index contributed by atoms with van der Waals surface area (Å²) in [6.45, 7) is 3.87. The lowest BCUT2D eigenvalue weighted by molar-refractivity contribution is -0.120. The molecule has 1 saturated heterocycles. The third kappa shape index (κ3) is 5.12. The zero-order chi connectivity index (χ0) is 23.3. The molecule has 2 fully saturated rings. The highest BCUT2D eigenvalue weighted by Gasteiger charge is 2.24. The SMILES string of the molecule is O=C(Nc1cccc(C(=O)N2CCN(Cc3cccc4cccnc34)CC2)c1)C1CCCCC1. The minimum absolute atomic E-state index is 0.0280. The van der Waals surface area contributed by atoms with Gasteiger partial charge in [-0.05, 0) is 42.7 Å². The predicted octanol–water partition coefficient (Wildman–Crippen LogP) is 4.71. The zero-order valence-electron chi connectivity index (χ0n) is 19.6. The number of anilines is 1. The standard InChI is InChI=1S/C28H32N4O2/c33-27(22-7-2-1-3-8-22)30-25-13-5-10-23(19-25)28(34)32-17-15-31(16-18-32)20-24-11-4-9-21-12-6-14-29-26(21)24/h4-6,9-14,19,22H,1-3,7-8,15-18,20H2,(H,30,33). The van der Waals surface area contributed by atoms with E-state index in [4.69, 9.17) is 0 Å². The zero-order valence-corrected chi connectivity index (χ0v) is 19.6. The summed E-state index contributed by atoms with van der Waals surface area (Å²) in [6, 6.07) is 17.7. The van der Waals surface area contributed by atoms with E-state index < -0.39 is 0 Å². The van der Waals surface area contributed by atoms with Crippen molar-refractivity contribution in [1.82, 2.24) is 14.8 Å². The molecule has 1 N–H and O–H groups in total. The Morgan fingerprint density at radius 3 is 2.50 bits per heavy atom. The smallest absolute Gasteiger partial charge is 0.254 e. The fourth-order valence-corrected chi connectivity index (χ4v) is 5.17. The Bertz CT molecular complexity index is 1160. The number of hydrogen-bond donors (Lipinski definition) is 1. The van der Waals surface area contributed by atoms with Gasteiger partial charge in [0.1, 0.15) is 0 Å². The number of hydrogen-bond acceptors (Lipinski definition) is 4. The minimum atomic E-state index is 0.0280. The van der Waals surface area contributed by atoms with Crippen LogP contribution in [0.4, 0.5) is 5.69 Å². The molecular weight excluding hydrogens is 424 g/mol. The summed E-state index contributed by atoms with van der Waals surface area (Å²) < 4.78 is 0. The summed E-state index contributed by atoms with van der Waals surface area (Å²) in [5.74, 6) is 0.208. The first-order chi connectivity index (χ1) is 16.7. The molecule has 1 aliphatic carbocycles. The number of fused-ring (bicyclic) bond motifs is 1. The Balaban J connectivity index is 1.18. The molecule has 0 unspecified atom stereocenters.